The molecule has 1 unspecified atom stereocenters. The van der Waals surface area contributed by atoms with Crippen LogP contribution < -0.4 is 54.0 Å². The summed E-state index contributed by atoms with van der Waals surface area (Å²) in [6, 6.07) is -1.98. The number of aromatic amines is 2. The molecule has 23 heteroatoms. The summed E-state index contributed by atoms with van der Waals surface area (Å²) in [5.41, 5.74) is 12.5. The van der Waals surface area contributed by atoms with Crippen LogP contribution in [0.5, 0.6) is 0 Å². The number of carbonyl (C=O) groups is 9. The number of primary amides is 2. The van der Waals surface area contributed by atoms with Gasteiger partial charge in [-0.3, -0.25) is 48.5 Å². The molecule has 2 aromatic heterocycles. The summed E-state index contributed by atoms with van der Waals surface area (Å²) in [6.45, 7) is 6.09. The van der Waals surface area contributed by atoms with Crippen LogP contribution in [0.15, 0.2) is 43.0 Å². The molecule has 0 aliphatic heterocycles. The second-order valence-electron chi connectivity index (χ2n) is 16.4. The molecule has 3 rings (SSSR count). The summed E-state index contributed by atoms with van der Waals surface area (Å²) in [5, 5.41) is 21.2. The third kappa shape index (κ3) is 18.4. The lowest BCUT2D eigenvalue weighted by Crippen LogP contribution is -2.59. The van der Waals surface area contributed by atoms with E-state index in [1.54, 1.807) is 40.0 Å². The molecule has 374 valence electrons. The zero-order valence-corrected chi connectivity index (χ0v) is 40.6. The highest BCUT2D eigenvalue weighted by Gasteiger charge is 2.33. The number of fused-ring (bicyclic) bond motifs is 1. The minimum absolute atomic E-state index is 0.0623. The highest BCUT2D eigenvalue weighted by molar-refractivity contribution is 7.98. The van der Waals surface area contributed by atoms with Crippen molar-refractivity contribution in [3.8, 4) is 36.0 Å². The first-order chi connectivity index (χ1) is 33.3. The van der Waals surface area contributed by atoms with Crippen LogP contribution in [-0.2, 0) is 56.0 Å². The molecule has 7 atom stereocenters. The van der Waals surface area contributed by atoms with Crippen LogP contribution in [0.1, 0.15) is 51.8 Å². The van der Waals surface area contributed by atoms with Gasteiger partial charge in [0.2, 0.25) is 41.4 Å². The Bertz CT molecular complexity index is 2510. The van der Waals surface area contributed by atoms with Crippen LogP contribution in [0.2, 0.25) is 0 Å². The fourth-order valence-corrected chi connectivity index (χ4v) is 6.95. The van der Waals surface area contributed by atoms with Crippen molar-refractivity contribution >= 4 is 75.8 Å². The maximum Gasteiger partial charge on any atom is 0.255 e. The molecule has 0 spiro atoms. The Morgan fingerprint density at radius 2 is 1.39 bits per heavy atom. The van der Waals surface area contributed by atoms with E-state index in [-0.39, 0.29) is 31.6 Å². The number of aromatic nitrogens is 3. The Labute approximate surface area is 410 Å². The maximum atomic E-state index is 13.9. The van der Waals surface area contributed by atoms with Crippen LogP contribution in [0.25, 0.3) is 10.9 Å². The smallest absolute Gasteiger partial charge is 0.255 e. The van der Waals surface area contributed by atoms with E-state index in [4.69, 9.17) is 17.9 Å². The number of likely N-dealkylation sites (N-methyl/N-ethyl adjacent to an activating group) is 1. The number of para-hydroxylation sites is 1. The third-order valence-corrected chi connectivity index (χ3v) is 10.8. The minimum atomic E-state index is -1.66. The average molecular weight is 984 g/mol. The largest absolute Gasteiger partial charge is 0.369 e. The van der Waals surface area contributed by atoms with Crippen LogP contribution in [0.4, 0.5) is 0 Å². The SMILES string of the molecule is C#C[C@H](NC(=O)[C@H](Cc1c[nH]c2ccccc12)NC(=O)[C@H](C#CCC(N)=O)NC)C(=O)N[C@H](C(=O)NCC(=O)N[C@@H](Cc1cnc[nH]1)C(=O)NC(C#CC(C)C)C(=O)N[C@@H](CCSC)C(N)=O)C(C)C. The summed E-state index contributed by atoms with van der Waals surface area (Å²) in [6.07, 6.45) is 11.7. The summed E-state index contributed by atoms with van der Waals surface area (Å²) in [5.74, 6) is 5.29. The number of amides is 9. The Kier molecular flexibility index (Phi) is 23.0. The van der Waals surface area contributed by atoms with Crippen molar-refractivity contribution in [1.29, 1.82) is 0 Å². The van der Waals surface area contributed by atoms with Gasteiger partial charge < -0.3 is 58.7 Å². The van der Waals surface area contributed by atoms with Crippen molar-refractivity contribution in [2.75, 3.05) is 25.6 Å². The zero-order chi connectivity index (χ0) is 51.9. The molecule has 22 nitrogen and oxygen atoms in total. The van der Waals surface area contributed by atoms with Crippen molar-refractivity contribution in [3.63, 3.8) is 0 Å². The summed E-state index contributed by atoms with van der Waals surface area (Å²) in [4.78, 5) is 128. The van der Waals surface area contributed by atoms with E-state index in [1.807, 2.05) is 24.5 Å². The molecule has 14 N–H and O–H groups in total. The highest BCUT2D eigenvalue weighted by Crippen LogP contribution is 2.19. The Morgan fingerprint density at radius 1 is 0.743 bits per heavy atom. The number of carbonyl (C=O) groups excluding carboxylic acids is 9. The number of benzene rings is 1. The first-order valence-corrected chi connectivity index (χ1v) is 23.5. The summed E-state index contributed by atoms with van der Waals surface area (Å²) < 4.78 is 0. The van der Waals surface area contributed by atoms with Crippen molar-refractivity contribution < 1.29 is 43.2 Å². The van der Waals surface area contributed by atoms with Crippen LogP contribution in [0, 0.1) is 47.9 Å². The molecule has 1 aromatic carbocycles. The van der Waals surface area contributed by atoms with Crippen LogP contribution in [-0.4, -0.2) is 136 Å². The van der Waals surface area contributed by atoms with E-state index in [0.717, 1.165) is 10.9 Å². The van der Waals surface area contributed by atoms with Crippen molar-refractivity contribution in [3.05, 3.63) is 54.2 Å². The first-order valence-electron chi connectivity index (χ1n) is 22.1. The molecule has 3 aromatic rings. The van der Waals surface area contributed by atoms with Gasteiger partial charge in [0, 0.05) is 47.8 Å². The molecule has 0 bridgehead atoms. The lowest BCUT2D eigenvalue weighted by molar-refractivity contribution is -0.134. The number of thioether (sulfide) groups is 1. The number of hydrogen-bond donors (Lipinski definition) is 12. The number of H-pyrrole nitrogens is 2. The molecule has 0 saturated carbocycles. The van der Waals surface area contributed by atoms with Gasteiger partial charge >= 0.3 is 0 Å². The number of nitrogens with two attached hydrogens (primary N) is 2. The quantitative estimate of drug-likeness (QED) is 0.0388. The molecule has 0 saturated heterocycles. The lowest BCUT2D eigenvalue weighted by Gasteiger charge is -2.25. The standard InChI is InChI=1S/C47H61N13O9S/c1-8-31(56-45(67)36(20-28-22-52-32-13-10-9-12-30(28)32)59-43(65)34(50-6)14-11-15-38(48)61)42(64)60-40(27(4)5)47(69)53-24-39(62)55-37(21-29-23-51-25-54-29)46(68)58-35(17-16-26(2)3)44(66)57-33(41(49)63)18-19-70-7/h1,9-10,12-13,22-23,25-27,31,33-37,40,50,52H,15,18-21,24H2,2-7H3,(H2,48,61)(H2,49,63)(H,51,54)(H,53,69)(H,55,62)(H,56,67)(H,57,66)(H,58,68)(H,59,65)(H,60,64)/t31-,33-,34-,35?,36-,37-,40-/m0/s1. The number of nitrogens with zero attached hydrogens (tertiary/aromatic N) is 1. The van der Waals surface area contributed by atoms with Crippen molar-refractivity contribution in [2.45, 2.75) is 95.7 Å². The average Bonchev–Trinajstić information content (AvgIpc) is 3.99. The fourth-order valence-electron chi connectivity index (χ4n) is 6.48. The zero-order valence-electron chi connectivity index (χ0n) is 39.7. The summed E-state index contributed by atoms with van der Waals surface area (Å²) >= 11 is 1.44. The summed E-state index contributed by atoms with van der Waals surface area (Å²) in [7, 11) is 1.45. The molecule has 0 radical (unpaired) electrons. The normalized spacial score (nSPS) is 13.7. The highest BCUT2D eigenvalue weighted by atomic mass is 32.2. The first kappa shape index (κ1) is 56.5. The maximum absolute atomic E-state index is 13.9. The number of imidazole rings is 1. The van der Waals surface area contributed by atoms with Crippen molar-refractivity contribution in [1.82, 2.24) is 57.5 Å². The van der Waals surface area contributed by atoms with E-state index < -0.39 is 108 Å². The predicted molar refractivity (Wildman–Crippen MR) is 262 cm³/mol. The monoisotopic (exact) mass is 983 g/mol. The van der Waals surface area contributed by atoms with E-state index in [9.17, 15) is 43.2 Å². The number of nitrogens with one attached hydrogen (secondary N) is 10. The molecular weight excluding hydrogens is 923 g/mol. The van der Waals surface area contributed by atoms with E-state index in [1.165, 1.54) is 31.3 Å². The van der Waals surface area contributed by atoms with E-state index in [2.05, 4.69) is 87.1 Å². The molecule has 70 heavy (non-hydrogen) atoms. The van der Waals surface area contributed by atoms with Gasteiger partial charge in [0.25, 0.3) is 11.8 Å². The second kappa shape index (κ2) is 28.5. The Morgan fingerprint density at radius 3 is 1.99 bits per heavy atom. The molecule has 9 amide bonds. The molecule has 0 aliphatic carbocycles. The fraction of sp³-hybridized carbons (Fsp3) is 0.447. The number of hydrogen-bond acceptors (Lipinski definition) is 12. The molecular formula is C47H61N13O9S. The van der Waals surface area contributed by atoms with Crippen LogP contribution >= 0.6 is 11.8 Å². The Hall–Kier alpha value is -7.81. The van der Waals surface area contributed by atoms with E-state index in [0.29, 0.717) is 17.0 Å². The third-order valence-electron chi connectivity index (χ3n) is 10.1. The van der Waals surface area contributed by atoms with E-state index >= 15 is 0 Å². The van der Waals surface area contributed by atoms with Gasteiger partial charge in [-0.25, -0.2) is 4.98 Å². The number of rotatable bonds is 25. The predicted octanol–water partition coefficient (Wildman–Crippen LogP) is -2.65. The minimum Gasteiger partial charge on any atom is -0.369 e. The molecule has 2 heterocycles. The topological polar surface area (TPSA) is 346 Å². The lowest BCUT2D eigenvalue weighted by atomic mass is 10.0. The van der Waals surface area contributed by atoms with Gasteiger partial charge in [-0.15, -0.1) is 6.42 Å². The Balaban J connectivity index is 1.75. The number of terminal acetylenes is 1. The van der Waals surface area contributed by atoms with Gasteiger partial charge in [-0.1, -0.05) is 75.5 Å². The van der Waals surface area contributed by atoms with Crippen LogP contribution in [0.3, 0.4) is 0 Å². The second-order valence-corrected chi connectivity index (χ2v) is 17.4. The van der Waals surface area contributed by atoms with Gasteiger partial charge in [-0.05, 0) is 43.0 Å². The van der Waals surface area contributed by atoms with Gasteiger partial charge in [0.05, 0.1) is 19.3 Å². The van der Waals surface area contributed by atoms with Gasteiger partial charge in [-0.2, -0.15) is 11.8 Å². The van der Waals surface area contributed by atoms with Crippen molar-refractivity contribution in [2.24, 2.45) is 23.3 Å². The molecule has 0 aliphatic rings. The van der Waals surface area contributed by atoms with Gasteiger partial charge in [0.1, 0.15) is 30.2 Å². The van der Waals surface area contributed by atoms with Gasteiger partial charge in [0.15, 0.2) is 12.1 Å². The molecule has 0 fully saturated rings.